The molecule has 0 aliphatic rings. The molecule has 0 saturated carbocycles. The maximum Gasteiger partial charge on any atom is 0.152 e. The smallest absolute Gasteiger partial charge is 0.152 e. The van der Waals surface area contributed by atoms with E-state index in [2.05, 4.69) is 4.98 Å². The maximum atomic E-state index is 5.53. The molecule has 2 N–H and O–H groups in total. The van der Waals surface area contributed by atoms with Gasteiger partial charge in [0.05, 0.1) is 12.0 Å². The van der Waals surface area contributed by atoms with Crippen LogP contribution in [0.1, 0.15) is 11.5 Å². The van der Waals surface area contributed by atoms with Crippen molar-refractivity contribution in [3.05, 3.63) is 29.9 Å². The van der Waals surface area contributed by atoms with Crippen LogP contribution in [-0.2, 0) is 13.5 Å². The topological polar surface area (TPSA) is 57.0 Å². The molecule has 4 heteroatoms. The maximum absolute atomic E-state index is 5.53. The van der Waals surface area contributed by atoms with Crippen molar-refractivity contribution < 1.29 is 4.42 Å². The molecule has 2 rings (SSSR count). The van der Waals surface area contributed by atoms with Gasteiger partial charge < -0.3 is 14.7 Å². The number of nitrogens with two attached hydrogens (primary N) is 1. The van der Waals surface area contributed by atoms with Crippen LogP contribution in [0.3, 0.4) is 0 Å². The molecule has 2 heterocycles. The lowest BCUT2D eigenvalue weighted by atomic mass is 10.3. The predicted octanol–water partition coefficient (Wildman–Crippen LogP) is 1.49. The highest BCUT2D eigenvalue weighted by Crippen LogP contribution is 2.24. The van der Waals surface area contributed by atoms with E-state index in [1.54, 1.807) is 6.26 Å². The average Bonchev–Trinajstić information content (AvgIpc) is 2.77. The first kappa shape index (κ1) is 9.98. The Morgan fingerprint density at radius 3 is 2.93 bits per heavy atom. The highest BCUT2D eigenvalue weighted by atomic mass is 16.3. The summed E-state index contributed by atoms with van der Waals surface area (Å²) in [6.07, 6.45) is 2.46. The van der Waals surface area contributed by atoms with E-state index in [1.807, 2.05) is 30.7 Å². The van der Waals surface area contributed by atoms with Gasteiger partial charge in [-0.1, -0.05) is 0 Å². The van der Waals surface area contributed by atoms with Gasteiger partial charge in [0, 0.05) is 13.5 Å². The molecule has 0 bridgehead atoms. The van der Waals surface area contributed by atoms with E-state index in [0.717, 1.165) is 29.4 Å². The van der Waals surface area contributed by atoms with Crippen molar-refractivity contribution in [2.45, 2.75) is 13.3 Å². The molecule has 2 aromatic heterocycles. The Bertz CT molecular complexity index is 443. The van der Waals surface area contributed by atoms with Gasteiger partial charge in [0.1, 0.15) is 11.5 Å². The van der Waals surface area contributed by atoms with E-state index in [9.17, 15) is 0 Å². The molecule has 4 nitrogen and oxygen atoms in total. The summed E-state index contributed by atoms with van der Waals surface area (Å²) in [7, 11) is 1.99. The summed E-state index contributed by atoms with van der Waals surface area (Å²) < 4.78 is 7.42. The van der Waals surface area contributed by atoms with Crippen molar-refractivity contribution in [3.63, 3.8) is 0 Å². The van der Waals surface area contributed by atoms with Gasteiger partial charge in [0.15, 0.2) is 5.76 Å². The van der Waals surface area contributed by atoms with Crippen molar-refractivity contribution in [3.8, 4) is 11.5 Å². The van der Waals surface area contributed by atoms with E-state index >= 15 is 0 Å². The molecule has 0 aliphatic carbocycles. The summed E-state index contributed by atoms with van der Waals surface area (Å²) in [5, 5.41) is 0. The van der Waals surface area contributed by atoms with Crippen LogP contribution in [0, 0.1) is 6.92 Å². The van der Waals surface area contributed by atoms with Crippen LogP contribution in [0.15, 0.2) is 22.8 Å². The highest BCUT2D eigenvalue weighted by Gasteiger charge is 2.14. The average molecular weight is 205 g/mol. The summed E-state index contributed by atoms with van der Waals surface area (Å²) >= 11 is 0. The van der Waals surface area contributed by atoms with Crippen molar-refractivity contribution in [1.29, 1.82) is 0 Å². The zero-order chi connectivity index (χ0) is 10.8. The van der Waals surface area contributed by atoms with Crippen molar-refractivity contribution in [1.82, 2.24) is 9.55 Å². The van der Waals surface area contributed by atoms with Crippen LogP contribution in [0.2, 0.25) is 0 Å². The fraction of sp³-hybridized carbons (Fsp3) is 0.364. The second-order valence-corrected chi connectivity index (χ2v) is 3.54. The second-order valence-electron chi connectivity index (χ2n) is 3.54. The summed E-state index contributed by atoms with van der Waals surface area (Å²) in [5.74, 6) is 1.85. The Morgan fingerprint density at radius 2 is 2.33 bits per heavy atom. The Kier molecular flexibility index (Phi) is 2.60. The monoisotopic (exact) mass is 205 g/mol. The van der Waals surface area contributed by atoms with Gasteiger partial charge in [-0.3, -0.25) is 0 Å². The number of rotatable bonds is 3. The molecule has 0 spiro atoms. The molecule has 0 atom stereocenters. The third-order valence-corrected chi connectivity index (χ3v) is 2.48. The van der Waals surface area contributed by atoms with Gasteiger partial charge in [-0.05, 0) is 25.6 Å². The third kappa shape index (κ3) is 1.68. The van der Waals surface area contributed by atoms with Gasteiger partial charge >= 0.3 is 0 Å². The summed E-state index contributed by atoms with van der Waals surface area (Å²) in [6.45, 7) is 2.60. The van der Waals surface area contributed by atoms with Crippen molar-refractivity contribution in [2.24, 2.45) is 12.8 Å². The molecule has 0 saturated heterocycles. The molecule has 0 amide bonds. The summed E-state index contributed by atoms with van der Waals surface area (Å²) in [6, 6.07) is 3.82. The highest BCUT2D eigenvalue weighted by molar-refractivity contribution is 5.56. The quantitative estimate of drug-likeness (QED) is 0.825. The molecule has 2 aromatic rings. The zero-order valence-corrected chi connectivity index (χ0v) is 9.03. The molecular formula is C11H15N3O. The van der Waals surface area contributed by atoms with E-state index in [-0.39, 0.29) is 0 Å². The number of aromatic nitrogens is 2. The number of nitrogens with zero attached hydrogens (tertiary/aromatic N) is 2. The lowest BCUT2D eigenvalue weighted by molar-refractivity contribution is 0.575. The first-order chi connectivity index (χ1) is 7.24. The largest absolute Gasteiger partial charge is 0.463 e. The van der Waals surface area contributed by atoms with Crippen LogP contribution in [-0.4, -0.2) is 16.1 Å². The zero-order valence-electron chi connectivity index (χ0n) is 9.03. The van der Waals surface area contributed by atoms with Gasteiger partial charge in [-0.2, -0.15) is 0 Å². The molecule has 0 fully saturated rings. The van der Waals surface area contributed by atoms with E-state index in [1.165, 1.54) is 0 Å². The molecular weight excluding hydrogens is 190 g/mol. The fourth-order valence-electron chi connectivity index (χ4n) is 1.80. The van der Waals surface area contributed by atoms with E-state index < -0.39 is 0 Å². The molecule has 80 valence electrons. The Morgan fingerprint density at radius 1 is 1.53 bits per heavy atom. The SMILES string of the molecule is Cc1nc(CCN)n(C)c1-c1ccco1. The lowest BCUT2D eigenvalue weighted by Crippen LogP contribution is -2.08. The molecule has 0 radical (unpaired) electrons. The number of hydrogen-bond acceptors (Lipinski definition) is 3. The van der Waals surface area contributed by atoms with Gasteiger partial charge in [-0.15, -0.1) is 0 Å². The van der Waals surface area contributed by atoms with E-state index in [0.29, 0.717) is 6.54 Å². The number of furan rings is 1. The Labute approximate surface area is 88.7 Å². The minimum Gasteiger partial charge on any atom is -0.463 e. The minimum atomic E-state index is 0.613. The van der Waals surface area contributed by atoms with Gasteiger partial charge in [0.2, 0.25) is 0 Å². The van der Waals surface area contributed by atoms with Gasteiger partial charge in [0.25, 0.3) is 0 Å². The van der Waals surface area contributed by atoms with Crippen LogP contribution in [0.25, 0.3) is 11.5 Å². The summed E-state index contributed by atoms with van der Waals surface area (Å²) in [5.41, 5.74) is 7.54. The minimum absolute atomic E-state index is 0.613. The normalized spacial score (nSPS) is 10.9. The molecule has 0 aliphatic heterocycles. The third-order valence-electron chi connectivity index (χ3n) is 2.48. The van der Waals surface area contributed by atoms with Crippen molar-refractivity contribution >= 4 is 0 Å². The van der Waals surface area contributed by atoms with Crippen molar-refractivity contribution in [2.75, 3.05) is 6.54 Å². The van der Waals surface area contributed by atoms with Crippen LogP contribution in [0.4, 0.5) is 0 Å². The van der Waals surface area contributed by atoms with Crippen LogP contribution in [0.5, 0.6) is 0 Å². The summed E-state index contributed by atoms with van der Waals surface area (Å²) in [4.78, 5) is 4.48. The number of imidazole rings is 1. The Hall–Kier alpha value is -1.55. The van der Waals surface area contributed by atoms with Gasteiger partial charge in [-0.25, -0.2) is 4.98 Å². The van der Waals surface area contributed by atoms with Crippen LogP contribution >= 0.6 is 0 Å². The number of hydrogen-bond donors (Lipinski definition) is 1. The van der Waals surface area contributed by atoms with Crippen LogP contribution < -0.4 is 5.73 Å². The standard InChI is InChI=1S/C11H15N3O/c1-8-11(9-4-3-7-15-9)14(2)10(13-8)5-6-12/h3-4,7H,5-6,12H2,1-2H3. The first-order valence-electron chi connectivity index (χ1n) is 5.00. The lowest BCUT2D eigenvalue weighted by Gasteiger charge is -2.02. The molecule has 15 heavy (non-hydrogen) atoms. The molecule has 0 unspecified atom stereocenters. The first-order valence-corrected chi connectivity index (χ1v) is 5.00. The Balaban J connectivity index is 2.48. The van der Waals surface area contributed by atoms with E-state index in [4.69, 9.17) is 10.2 Å². The fourth-order valence-corrected chi connectivity index (χ4v) is 1.80. The number of aryl methyl sites for hydroxylation is 1. The molecule has 0 aromatic carbocycles. The second kappa shape index (κ2) is 3.90. The predicted molar refractivity (Wildman–Crippen MR) is 58.4 cm³/mol.